The lowest BCUT2D eigenvalue weighted by atomic mass is 10.2. The van der Waals surface area contributed by atoms with Crippen LogP contribution in [0.3, 0.4) is 0 Å². The summed E-state index contributed by atoms with van der Waals surface area (Å²) < 4.78 is 27.3. The second-order valence-electron chi connectivity index (χ2n) is 5.09. The summed E-state index contributed by atoms with van der Waals surface area (Å²) in [5.74, 6) is -0.0336. The average Bonchev–Trinajstić information content (AvgIpc) is 2.90. The zero-order chi connectivity index (χ0) is 14.9. The Morgan fingerprint density at radius 3 is 2.57 bits per heavy atom. The van der Waals surface area contributed by atoms with E-state index in [0.717, 1.165) is 22.0 Å². The Morgan fingerprint density at radius 1 is 1.05 bits per heavy atom. The van der Waals surface area contributed by atoms with Gasteiger partial charge in [-0.05, 0) is 30.7 Å². The molecule has 1 heterocycles. The first-order chi connectivity index (χ1) is 10.0. The Balaban J connectivity index is 1.86. The molecule has 0 atom stereocenters. The van der Waals surface area contributed by atoms with Crippen molar-refractivity contribution < 1.29 is 8.42 Å². The highest BCUT2D eigenvalue weighted by molar-refractivity contribution is 7.91. The highest BCUT2D eigenvalue weighted by atomic mass is 32.2. The van der Waals surface area contributed by atoms with Crippen LogP contribution in [0, 0.1) is 6.92 Å². The van der Waals surface area contributed by atoms with E-state index in [2.05, 4.69) is 9.71 Å². The smallest absolute Gasteiger partial charge is 0.236 e. The number of anilines is 1. The number of aryl methyl sites for hydroxylation is 1. The van der Waals surface area contributed by atoms with E-state index in [1.165, 1.54) is 0 Å². The Bertz CT molecular complexity index is 865. The standard InChI is InChI=1S/C16H16N2O2S/c1-12-5-7-13(8-6-12)11-21(19,20)18-16-4-2-3-15-14(16)9-10-17-15/h2-10,17-18H,11H2,1H3. The Hall–Kier alpha value is -2.27. The van der Waals surface area contributed by atoms with Crippen LogP contribution in [0.1, 0.15) is 11.1 Å². The van der Waals surface area contributed by atoms with E-state index in [9.17, 15) is 8.42 Å². The molecule has 0 unspecified atom stereocenters. The van der Waals surface area contributed by atoms with Gasteiger partial charge < -0.3 is 4.98 Å². The third kappa shape index (κ3) is 3.08. The predicted octanol–water partition coefficient (Wildman–Crippen LogP) is 3.42. The molecule has 3 rings (SSSR count). The van der Waals surface area contributed by atoms with Gasteiger partial charge in [-0.15, -0.1) is 0 Å². The van der Waals surface area contributed by atoms with E-state index in [4.69, 9.17) is 0 Å². The van der Waals surface area contributed by atoms with Crippen molar-refractivity contribution >= 4 is 26.6 Å². The fourth-order valence-electron chi connectivity index (χ4n) is 2.28. The number of benzene rings is 2. The highest BCUT2D eigenvalue weighted by Crippen LogP contribution is 2.23. The minimum Gasteiger partial charge on any atom is -0.361 e. The van der Waals surface area contributed by atoms with Gasteiger partial charge in [0.05, 0.1) is 11.4 Å². The van der Waals surface area contributed by atoms with Crippen molar-refractivity contribution in [3.05, 3.63) is 65.9 Å². The normalized spacial score (nSPS) is 11.7. The second-order valence-corrected chi connectivity index (χ2v) is 6.81. The summed E-state index contributed by atoms with van der Waals surface area (Å²) in [7, 11) is -3.43. The van der Waals surface area contributed by atoms with Crippen molar-refractivity contribution in [2.75, 3.05) is 4.72 Å². The Morgan fingerprint density at radius 2 is 1.81 bits per heavy atom. The maximum atomic E-state index is 12.3. The molecule has 1 aromatic heterocycles. The van der Waals surface area contributed by atoms with Crippen molar-refractivity contribution in [3.8, 4) is 0 Å². The monoisotopic (exact) mass is 300 g/mol. The molecule has 0 bridgehead atoms. The molecule has 0 aliphatic rings. The topological polar surface area (TPSA) is 62.0 Å². The summed E-state index contributed by atoms with van der Waals surface area (Å²) >= 11 is 0. The first-order valence-electron chi connectivity index (χ1n) is 6.66. The molecule has 2 aromatic carbocycles. The van der Waals surface area contributed by atoms with Crippen molar-refractivity contribution in [1.29, 1.82) is 0 Å². The third-order valence-corrected chi connectivity index (χ3v) is 4.58. The molecular formula is C16H16N2O2S. The predicted molar refractivity (Wildman–Crippen MR) is 85.7 cm³/mol. The molecule has 0 aliphatic carbocycles. The van der Waals surface area contributed by atoms with Crippen molar-refractivity contribution in [2.24, 2.45) is 0 Å². The van der Waals surface area contributed by atoms with Gasteiger partial charge in [-0.2, -0.15) is 0 Å². The van der Waals surface area contributed by atoms with Crippen LogP contribution in [0.4, 0.5) is 5.69 Å². The summed E-state index contributed by atoms with van der Waals surface area (Å²) in [6, 6.07) is 14.9. The summed E-state index contributed by atoms with van der Waals surface area (Å²) in [6.45, 7) is 1.98. The van der Waals surface area contributed by atoms with Crippen LogP contribution in [0.25, 0.3) is 10.9 Å². The molecule has 0 radical (unpaired) electrons. The van der Waals surface area contributed by atoms with Gasteiger partial charge in [-0.25, -0.2) is 8.42 Å². The van der Waals surface area contributed by atoms with E-state index >= 15 is 0 Å². The van der Waals surface area contributed by atoms with Crippen molar-refractivity contribution in [1.82, 2.24) is 4.98 Å². The quantitative estimate of drug-likeness (QED) is 0.775. The SMILES string of the molecule is Cc1ccc(CS(=O)(=O)Nc2cccc3[nH]ccc23)cc1. The Kier molecular flexibility index (Phi) is 3.43. The summed E-state index contributed by atoms with van der Waals surface area (Å²) in [4.78, 5) is 3.07. The summed E-state index contributed by atoms with van der Waals surface area (Å²) in [5.41, 5.74) is 3.39. The molecule has 21 heavy (non-hydrogen) atoms. The van der Waals surface area contributed by atoms with E-state index in [0.29, 0.717) is 5.69 Å². The average molecular weight is 300 g/mol. The number of rotatable bonds is 4. The van der Waals surface area contributed by atoms with Gasteiger partial charge in [0.1, 0.15) is 0 Å². The number of aromatic nitrogens is 1. The first-order valence-corrected chi connectivity index (χ1v) is 8.31. The van der Waals surface area contributed by atoms with Crippen LogP contribution in [0.15, 0.2) is 54.7 Å². The lowest BCUT2D eigenvalue weighted by molar-refractivity contribution is 0.600. The molecule has 5 heteroatoms. The zero-order valence-corrected chi connectivity index (χ0v) is 12.4. The molecule has 3 aromatic rings. The molecule has 108 valence electrons. The fraction of sp³-hybridized carbons (Fsp3) is 0.125. The molecule has 0 amide bonds. The number of H-pyrrole nitrogens is 1. The molecule has 0 spiro atoms. The van der Waals surface area contributed by atoms with Gasteiger partial charge in [0.15, 0.2) is 0 Å². The number of hydrogen-bond donors (Lipinski definition) is 2. The lowest BCUT2D eigenvalue weighted by Gasteiger charge is -2.09. The van der Waals surface area contributed by atoms with E-state index in [1.807, 2.05) is 49.4 Å². The number of hydrogen-bond acceptors (Lipinski definition) is 2. The van der Waals surface area contributed by atoms with Gasteiger partial charge >= 0.3 is 0 Å². The lowest BCUT2D eigenvalue weighted by Crippen LogP contribution is -2.15. The highest BCUT2D eigenvalue weighted by Gasteiger charge is 2.13. The molecule has 2 N–H and O–H groups in total. The third-order valence-electron chi connectivity index (χ3n) is 3.34. The van der Waals surface area contributed by atoms with Crippen LogP contribution in [0.2, 0.25) is 0 Å². The molecule has 0 aliphatic heterocycles. The van der Waals surface area contributed by atoms with Crippen LogP contribution >= 0.6 is 0 Å². The molecule has 0 saturated heterocycles. The van der Waals surface area contributed by atoms with Crippen molar-refractivity contribution in [3.63, 3.8) is 0 Å². The zero-order valence-electron chi connectivity index (χ0n) is 11.6. The van der Waals surface area contributed by atoms with Gasteiger partial charge in [0.2, 0.25) is 10.0 Å². The minimum absolute atomic E-state index is 0.0336. The van der Waals surface area contributed by atoms with Gasteiger partial charge in [0, 0.05) is 17.1 Å². The largest absolute Gasteiger partial charge is 0.361 e. The summed E-state index contributed by atoms with van der Waals surface area (Å²) in [6.07, 6.45) is 1.79. The van der Waals surface area contributed by atoms with Gasteiger partial charge in [-0.1, -0.05) is 35.9 Å². The van der Waals surface area contributed by atoms with Crippen molar-refractivity contribution in [2.45, 2.75) is 12.7 Å². The molecule has 0 fully saturated rings. The maximum Gasteiger partial charge on any atom is 0.236 e. The van der Waals surface area contributed by atoms with Crippen LogP contribution in [-0.2, 0) is 15.8 Å². The molecule has 0 saturated carbocycles. The van der Waals surface area contributed by atoms with Crippen LogP contribution in [0.5, 0.6) is 0 Å². The maximum absolute atomic E-state index is 12.3. The number of sulfonamides is 1. The van der Waals surface area contributed by atoms with E-state index in [-0.39, 0.29) is 5.75 Å². The van der Waals surface area contributed by atoms with Crippen LogP contribution in [-0.4, -0.2) is 13.4 Å². The molecule has 4 nitrogen and oxygen atoms in total. The fourth-order valence-corrected chi connectivity index (χ4v) is 3.50. The van der Waals surface area contributed by atoms with Crippen LogP contribution < -0.4 is 4.72 Å². The summed E-state index contributed by atoms with van der Waals surface area (Å²) in [5, 5.41) is 0.866. The molecular weight excluding hydrogens is 284 g/mol. The number of aromatic amines is 1. The number of fused-ring (bicyclic) bond motifs is 1. The second kappa shape index (κ2) is 5.26. The van der Waals surface area contributed by atoms with E-state index in [1.54, 1.807) is 12.3 Å². The van der Waals surface area contributed by atoms with Gasteiger partial charge in [0.25, 0.3) is 0 Å². The Labute approximate surface area is 123 Å². The minimum atomic E-state index is -3.43. The van der Waals surface area contributed by atoms with Gasteiger partial charge in [-0.3, -0.25) is 4.72 Å². The number of nitrogens with one attached hydrogen (secondary N) is 2. The van der Waals surface area contributed by atoms with E-state index < -0.39 is 10.0 Å². The first kappa shape index (κ1) is 13.7.